The number of carbonyl (C=O) groups excluding carboxylic acids is 1. The van der Waals surface area contributed by atoms with Crippen LogP contribution in [0, 0.1) is 11.3 Å². The monoisotopic (exact) mass is 371 g/mol. The summed E-state index contributed by atoms with van der Waals surface area (Å²) in [7, 11) is 1.74. The molecular weight excluding hydrogens is 346 g/mol. The Morgan fingerprint density at radius 2 is 1.88 bits per heavy atom. The van der Waals surface area contributed by atoms with E-state index in [-0.39, 0.29) is 6.09 Å². The molecule has 0 radical (unpaired) electrons. The largest absolute Gasteiger partial charge is 0.444 e. The van der Waals surface area contributed by atoms with Gasteiger partial charge in [0.25, 0.3) is 0 Å². The third-order valence-corrected chi connectivity index (χ3v) is 4.61. The molecule has 0 bridgehead atoms. The van der Waals surface area contributed by atoms with E-state index in [1.165, 1.54) is 11.3 Å². The predicted octanol–water partition coefficient (Wildman–Crippen LogP) is 4.28. The van der Waals surface area contributed by atoms with Crippen LogP contribution in [0.3, 0.4) is 0 Å². The van der Waals surface area contributed by atoms with Crippen LogP contribution < -0.4 is 5.32 Å². The number of nitrogens with zero attached hydrogens (tertiary/aromatic N) is 2. The second-order valence-electron chi connectivity index (χ2n) is 7.09. The van der Waals surface area contributed by atoms with Crippen molar-refractivity contribution in [1.82, 2.24) is 10.2 Å². The molecule has 5 nitrogen and oxygen atoms in total. The molecule has 1 amide bonds. The lowest BCUT2D eigenvalue weighted by Gasteiger charge is -2.25. The normalized spacial score (nSPS) is 11.0. The third-order valence-electron chi connectivity index (χ3n) is 3.62. The van der Waals surface area contributed by atoms with Gasteiger partial charge in [0.1, 0.15) is 16.5 Å². The van der Waals surface area contributed by atoms with Gasteiger partial charge in [0.2, 0.25) is 0 Å². The standard InChI is InChI=1S/C20H25N3O2S/c1-20(2,3)25-19(24)23(4)14-16-8-6-5-7-15(16)12-22-13-18-10-9-17(11-21)26-18/h5-10,22H,12-14H2,1-4H3. The van der Waals surface area contributed by atoms with E-state index in [0.29, 0.717) is 19.6 Å². The summed E-state index contributed by atoms with van der Waals surface area (Å²) in [5.74, 6) is 0. The Morgan fingerprint density at radius 3 is 2.50 bits per heavy atom. The summed E-state index contributed by atoms with van der Waals surface area (Å²) in [5.41, 5.74) is 1.72. The van der Waals surface area contributed by atoms with Crippen LogP contribution >= 0.6 is 11.3 Å². The van der Waals surface area contributed by atoms with Gasteiger partial charge in [-0.1, -0.05) is 24.3 Å². The molecule has 1 heterocycles. The second kappa shape index (κ2) is 8.84. The fourth-order valence-corrected chi connectivity index (χ4v) is 3.17. The molecule has 1 aromatic carbocycles. The van der Waals surface area contributed by atoms with Gasteiger partial charge in [-0.15, -0.1) is 11.3 Å². The minimum atomic E-state index is -0.505. The Hall–Kier alpha value is -2.36. The molecule has 2 aromatic rings. The topological polar surface area (TPSA) is 65.4 Å². The van der Waals surface area contributed by atoms with Gasteiger partial charge in [0.05, 0.1) is 0 Å². The molecule has 0 unspecified atom stereocenters. The number of amides is 1. The van der Waals surface area contributed by atoms with Crippen LogP contribution in [-0.2, 0) is 24.4 Å². The van der Waals surface area contributed by atoms with Crippen LogP contribution in [0.25, 0.3) is 0 Å². The molecule has 26 heavy (non-hydrogen) atoms. The van der Waals surface area contributed by atoms with E-state index in [9.17, 15) is 4.79 Å². The van der Waals surface area contributed by atoms with Crippen LogP contribution in [0.15, 0.2) is 36.4 Å². The van der Waals surface area contributed by atoms with E-state index in [2.05, 4.69) is 17.5 Å². The van der Waals surface area contributed by atoms with Gasteiger partial charge in [-0.2, -0.15) is 5.26 Å². The second-order valence-corrected chi connectivity index (χ2v) is 8.25. The molecule has 0 saturated carbocycles. The maximum atomic E-state index is 12.2. The number of nitrogens with one attached hydrogen (secondary N) is 1. The first-order chi connectivity index (χ1) is 12.3. The Morgan fingerprint density at radius 1 is 1.19 bits per heavy atom. The minimum absolute atomic E-state index is 0.331. The highest BCUT2D eigenvalue weighted by Gasteiger charge is 2.20. The van der Waals surface area contributed by atoms with E-state index < -0.39 is 5.60 Å². The van der Waals surface area contributed by atoms with Crippen molar-refractivity contribution in [2.75, 3.05) is 7.05 Å². The number of benzene rings is 1. The van der Waals surface area contributed by atoms with Crippen molar-refractivity contribution < 1.29 is 9.53 Å². The van der Waals surface area contributed by atoms with Crippen LogP contribution in [-0.4, -0.2) is 23.6 Å². The molecule has 0 spiro atoms. The summed E-state index contributed by atoms with van der Waals surface area (Å²) in [6.45, 7) is 7.47. The van der Waals surface area contributed by atoms with Gasteiger partial charge >= 0.3 is 6.09 Å². The van der Waals surface area contributed by atoms with Gasteiger partial charge in [-0.25, -0.2) is 4.79 Å². The molecule has 0 aliphatic carbocycles. The molecule has 0 atom stereocenters. The number of hydrogen-bond acceptors (Lipinski definition) is 5. The molecule has 0 aliphatic heterocycles. The van der Waals surface area contributed by atoms with Gasteiger partial charge < -0.3 is 15.0 Å². The molecule has 2 rings (SSSR count). The molecule has 1 aromatic heterocycles. The fraction of sp³-hybridized carbons (Fsp3) is 0.400. The Balaban J connectivity index is 1.94. The van der Waals surface area contributed by atoms with Crippen molar-refractivity contribution in [2.45, 2.75) is 46.0 Å². The first kappa shape index (κ1) is 20.0. The number of rotatable bonds is 6. The molecule has 1 N–H and O–H groups in total. The van der Waals surface area contributed by atoms with E-state index in [4.69, 9.17) is 10.00 Å². The fourth-order valence-electron chi connectivity index (χ4n) is 2.40. The lowest BCUT2D eigenvalue weighted by molar-refractivity contribution is 0.0284. The zero-order valence-electron chi connectivity index (χ0n) is 15.7. The molecule has 0 saturated heterocycles. The summed E-state index contributed by atoms with van der Waals surface area (Å²) in [6.07, 6.45) is -0.331. The maximum Gasteiger partial charge on any atom is 0.410 e. The van der Waals surface area contributed by atoms with Crippen LogP contribution in [0.1, 0.15) is 41.7 Å². The molecule has 138 valence electrons. The molecular formula is C20H25N3O2S. The number of nitriles is 1. The van der Waals surface area contributed by atoms with Crippen molar-refractivity contribution in [1.29, 1.82) is 5.26 Å². The zero-order chi connectivity index (χ0) is 19.2. The summed E-state index contributed by atoms with van der Waals surface area (Å²) in [6, 6.07) is 14.0. The van der Waals surface area contributed by atoms with Crippen molar-refractivity contribution in [3.8, 4) is 6.07 Å². The summed E-state index contributed by atoms with van der Waals surface area (Å²) >= 11 is 1.50. The van der Waals surface area contributed by atoms with Crippen molar-refractivity contribution >= 4 is 17.4 Å². The van der Waals surface area contributed by atoms with Crippen LogP contribution in [0.5, 0.6) is 0 Å². The highest BCUT2D eigenvalue weighted by atomic mass is 32.1. The molecule has 6 heteroatoms. The zero-order valence-corrected chi connectivity index (χ0v) is 16.5. The lowest BCUT2D eigenvalue weighted by atomic mass is 10.1. The first-order valence-electron chi connectivity index (χ1n) is 8.49. The maximum absolute atomic E-state index is 12.2. The average Bonchev–Trinajstić information content (AvgIpc) is 3.03. The van der Waals surface area contributed by atoms with E-state index in [0.717, 1.165) is 20.9 Å². The first-order valence-corrected chi connectivity index (χ1v) is 9.30. The smallest absolute Gasteiger partial charge is 0.410 e. The van der Waals surface area contributed by atoms with E-state index in [1.807, 2.05) is 51.1 Å². The Labute approximate surface area is 159 Å². The highest BCUT2D eigenvalue weighted by Crippen LogP contribution is 2.17. The van der Waals surface area contributed by atoms with Gasteiger partial charge in [-0.05, 0) is 44.0 Å². The molecule has 0 aliphatic rings. The lowest BCUT2D eigenvalue weighted by Crippen LogP contribution is -2.34. The van der Waals surface area contributed by atoms with E-state index in [1.54, 1.807) is 11.9 Å². The Bertz CT molecular complexity index is 787. The highest BCUT2D eigenvalue weighted by molar-refractivity contribution is 7.12. The van der Waals surface area contributed by atoms with Gasteiger partial charge in [0, 0.05) is 31.6 Å². The van der Waals surface area contributed by atoms with Gasteiger partial charge in [0.15, 0.2) is 0 Å². The third kappa shape index (κ3) is 6.17. The van der Waals surface area contributed by atoms with Crippen molar-refractivity contribution in [3.05, 3.63) is 57.3 Å². The SMILES string of the molecule is CN(Cc1ccccc1CNCc1ccc(C#N)s1)C(=O)OC(C)(C)C. The quantitative estimate of drug-likeness (QED) is 0.823. The summed E-state index contributed by atoms with van der Waals surface area (Å²) in [4.78, 5) is 15.6. The number of hydrogen-bond donors (Lipinski definition) is 1. The van der Waals surface area contributed by atoms with Crippen LogP contribution in [0.2, 0.25) is 0 Å². The van der Waals surface area contributed by atoms with Crippen molar-refractivity contribution in [2.24, 2.45) is 0 Å². The van der Waals surface area contributed by atoms with E-state index >= 15 is 0 Å². The van der Waals surface area contributed by atoms with Crippen LogP contribution in [0.4, 0.5) is 4.79 Å². The number of carbonyl (C=O) groups is 1. The predicted molar refractivity (Wildman–Crippen MR) is 104 cm³/mol. The Kier molecular flexibility index (Phi) is 6.78. The van der Waals surface area contributed by atoms with Crippen molar-refractivity contribution in [3.63, 3.8) is 0 Å². The average molecular weight is 372 g/mol. The summed E-state index contributed by atoms with van der Waals surface area (Å²) < 4.78 is 5.41. The number of thiophene rings is 1. The minimum Gasteiger partial charge on any atom is -0.444 e. The molecule has 0 fully saturated rings. The van der Waals surface area contributed by atoms with Gasteiger partial charge in [-0.3, -0.25) is 0 Å². The summed E-state index contributed by atoms with van der Waals surface area (Å²) in [5, 5.41) is 12.3. The number of ether oxygens (including phenoxy) is 1.